The Morgan fingerprint density at radius 1 is 1.29 bits per heavy atom. The molecule has 6 heteroatoms. The van der Waals surface area contributed by atoms with E-state index in [-0.39, 0.29) is 0 Å². The van der Waals surface area contributed by atoms with Crippen molar-refractivity contribution in [1.82, 2.24) is 9.97 Å². The van der Waals surface area contributed by atoms with Crippen molar-refractivity contribution in [3.63, 3.8) is 0 Å². The van der Waals surface area contributed by atoms with Crippen molar-refractivity contribution >= 4 is 33.5 Å². The molecule has 0 radical (unpaired) electrons. The molecule has 2 N–H and O–H groups in total. The number of hydrogen-bond acceptors (Lipinski definition) is 5. The minimum Gasteiger partial charge on any atom is -0.438 e. The van der Waals surface area contributed by atoms with Crippen LogP contribution < -0.4 is 10.5 Å². The first-order chi connectivity index (χ1) is 8.19. The zero-order valence-corrected chi connectivity index (χ0v) is 11.5. The Kier molecular flexibility index (Phi) is 3.86. The second-order valence-electron chi connectivity index (χ2n) is 3.15. The molecule has 1 heterocycles. The summed E-state index contributed by atoms with van der Waals surface area (Å²) in [5.74, 6) is 1.53. The van der Waals surface area contributed by atoms with Crippen molar-refractivity contribution in [2.45, 2.75) is 5.16 Å². The van der Waals surface area contributed by atoms with Gasteiger partial charge in [-0.2, -0.15) is 4.98 Å². The zero-order valence-electron chi connectivity index (χ0n) is 9.05. The Morgan fingerprint density at radius 3 is 2.76 bits per heavy atom. The Bertz CT molecular complexity index is 536. The molecule has 0 aliphatic rings. The number of halogens is 1. The average molecular weight is 312 g/mol. The molecule has 4 nitrogen and oxygen atoms in total. The molecule has 0 aliphatic carbocycles. The van der Waals surface area contributed by atoms with Crippen LogP contribution in [0.1, 0.15) is 0 Å². The van der Waals surface area contributed by atoms with Gasteiger partial charge >= 0.3 is 0 Å². The molecule has 0 aliphatic heterocycles. The summed E-state index contributed by atoms with van der Waals surface area (Å²) in [5, 5.41) is 0.590. The van der Waals surface area contributed by atoms with Gasteiger partial charge in [-0.25, -0.2) is 4.98 Å². The summed E-state index contributed by atoms with van der Waals surface area (Å²) >= 11 is 4.82. The van der Waals surface area contributed by atoms with Gasteiger partial charge in [-0.3, -0.25) is 0 Å². The van der Waals surface area contributed by atoms with Crippen molar-refractivity contribution in [2.24, 2.45) is 0 Å². The number of nitrogens with two attached hydrogens (primary N) is 1. The lowest BCUT2D eigenvalue weighted by Crippen LogP contribution is -1.97. The van der Waals surface area contributed by atoms with Crippen LogP contribution in [-0.2, 0) is 0 Å². The van der Waals surface area contributed by atoms with E-state index in [1.54, 1.807) is 6.07 Å². The Morgan fingerprint density at radius 2 is 2.06 bits per heavy atom. The Labute approximate surface area is 112 Å². The molecule has 88 valence electrons. The highest BCUT2D eigenvalue weighted by Gasteiger charge is 2.06. The highest BCUT2D eigenvalue weighted by Crippen LogP contribution is 2.29. The van der Waals surface area contributed by atoms with Crippen LogP contribution >= 0.6 is 27.7 Å². The first-order valence-electron chi connectivity index (χ1n) is 4.80. The second kappa shape index (κ2) is 5.37. The van der Waals surface area contributed by atoms with Gasteiger partial charge in [0.2, 0.25) is 5.88 Å². The molecule has 1 aromatic heterocycles. The van der Waals surface area contributed by atoms with E-state index in [0.717, 1.165) is 4.47 Å². The molecule has 17 heavy (non-hydrogen) atoms. The fraction of sp³-hybridized carbons (Fsp3) is 0.0909. The van der Waals surface area contributed by atoms with Crippen molar-refractivity contribution in [2.75, 3.05) is 12.0 Å². The van der Waals surface area contributed by atoms with E-state index >= 15 is 0 Å². The van der Waals surface area contributed by atoms with E-state index in [1.165, 1.54) is 11.8 Å². The number of nitrogens with zero attached hydrogens (tertiary/aromatic N) is 2. The van der Waals surface area contributed by atoms with Gasteiger partial charge in [-0.15, -0.1) is 0 Å². The van der Waals surface area contributed by atoms with E-state index < -0.39 is 0 Å². The lowest BCUT2D eigenvalue weighted by molar-refractivity contribution is 0.453. The number of nitrogen functional groups attached to an aromatic ring is 1. The van der Waals surface area contributed by atoms with E-state index in [4.69, 9.17) is 10.5 Å². The maximum Gasteiger partial charge on any atom is 0.225 e. The summed E-state index contributed by atoms with van der Waals surface area (Å²) in [6.07, 6.45) is 1.89. The topological polar surface area (TPSA) is 61.0 Å². The number of ether oxygens (including phenoxy) is 1. The van der Waals surface area contributed by atoms with Crippen molar-refractivity contribution in [3.05, 3.63) is 34.8 Å². The van der Waals surface area contributed by atoms with Crippen LogP contribution in [0.25, 0.3) is 0 Å². The molecule has 0 unspecified atom stereocenters. The predicted octanol–water partition coefficient (Wildman–Crippen LogP) is 3.34. The van der Waals surface area contributed by atoms with Crippen LogP contribution in [0.5, 0.6) is 11.6 Å². The molecule has 0 amide bonds. The SMILES string of the molecule is CSc1nc(N)cc(Oc2ccccc2Br)n1. The van der Waals surface area contributed by atoms with Crippen molar-refractivity contribution in [3.8, 4) is 11.6 Å². The van der Waals surface area contributed by atoms with E-state index in [9.17, 15) is 0 Å². The van der Waals surface area contributed by atoms with Gasteiger partial charge in [0.15, 0.2) is 5.16 Å². The first kappa shape index (κ1) is 12.2. The number of hydrogen-bond donors (Lipinski definition) is 1. The van der Waals surface area contributed by atoms with Gasteiger partial charge < -0.3 is 10.5 Å². The molecule has 2 rings (SSSR count). The third-order valence-electron chi connectivity index (χ3n) is 1.94. The van der Waals surface area contributed by atoms with Crippen LogP contribution in [0.4, 0.5) is 5.82 Å². The third-order valence-corrected chi connectivity index (χ3v) is 3.14. The van der Waals surface area contributed by atoms with Crippen molar-refractivity contribution in [1.29, 1.82) is 0 Å². The predicted molar refractivity (Wildman–Crippen MR) is 72.4 cm³/mol. The molecule has 2 aromatic rings. The zero-order chi connectivity index (χ0) is 12.3. The lowest BCUT2D eigenvalue weighted by atomic mass is 10.3. The summed E-state index contributed by atoms with van der Waals surface area (Å²) in [7, 11) is 0. The number of para-hydroxylation sites is 1. The van der Waals surface area contributed by atoms with Crippen LogP contribution in [-0.4, -0.2) is 16.2 Å². The van der Waals surface area contributed by atoms with E-state index in [0.29, 0.717) is 22.6 Å². The standard InChI is InChI=1S/C11H10BrN3OS/c1-17-11-14-9(13)6-10(15-11)16-8-5-3-2-4-7(8)12/h2-6H,1H3,(H2,13,14,15). The first-order valence-corrected chi connectivity index (χ1v) is 6.82. The normalized spacial score (nSPS) is 10.2. The van der Waals surface area contributed by atoms with Gasteiger partial charge in [0.1, 0.15) is 11.6 Å². The van der Waals surface area contributed by atoms with Gasteiger partial charge in [0.05, 0.1) is 4.47 Å². The maximum atomic E-state index is 5.67. The highest BCUT2D eigenvalue weighted by molar-refractivity contribution is 9.10. The monoisotopic (exact) mass is 311 g/mol. The summed E-state index contributed by atoms with van der Waals surface area (Å²) in [6.45, 7) is 0. The molecule has 0 fully saturated rings. The molecular weight excluding hydrogens is 302 g/mol. The molecule has 0 saturated carbocycles. The smallest absolute Gasteiger partial charge is 0.225 e. The molecule has 0 saturated heterocycles. The van der Waals surface area contributed by atoms with E-state index in [2.05, 4.69) is 25.9 Å². The summed E-state index contributed by atoms with van der Waals surface area (Å²) in [6, 6.07) is 9.15. The number of rotatable bonds is 3. The Hall–Kier alpha value is -1.27. The van der Waals surface area contributed by atoms with Crippen molar-refractivity contribution < 1.29 is 4.74 Å². The maximum absolute atomic E-state index is 5.67. The summed E-state index contributed by atoms with van der Waals surface area (Å²) in [4.78, 5) is 8.27. The minimum absolute atomic E-state index is 0.395. The number of benzene rings is 1. The number of thioether (sulfide) groups is 1. The molecule has 0 atom stereocenters. The van der Waals surface area contributed by atoms with Crippen LogP contribution in [0, 0.1) is 0 Å². The number of aromatic nitrogens is 2. The molecular formula is C11H10BrN3OS. The second-order valence-corrected chi connectivity index (χ2v) is 4.78. The third kappa shape index (κ3) is 3.10. The molecule has 0 bridgehead atoms. The number of anilines is 1. The van der Waals surface area contributed by atoms with Gasteiger partial charge in [-0.1, -0.05) is 23.9 Å². The molecule has 1 aromatic carbocycles. The van der Waals surface area contributed by atoms with E-state index in [1.807, 2.05) is 30.5 Å². The average Bonchev–Trinajstić information content (AvgIpc) is 2.31. The largest absolute Gasteiger partial charge is 0.438 e. The highest BCUT2D eigenvalue weighted by atomic mass is 79.9. The van der Waals surface area contributed by atoms with Crippen LogP contribution in [0.15, 0.2) is 40.0 Å². The lowest BCUT2D eigenvalue weighted by Gasteiger charge is -2.07. The summed E-state index contributed by atoms with van der Waals surface area (Å²) < 4.78 is 6.50. The summed E-state index contributed by atoms with van der Waals surface area (Å²) in [5.41, 5.74) is 5.67. The molecule has 0 spiro atoms. The fourth-order valence-electron chi connectivity index (χ4n) is 1.20. The Balaban J connectivity index is 2.30. The van der Waals surface area contributed by atoms with Crippen LogP contribution in [0.3, 0.4) is 0 Å². The van der Waals surface area contributed by atoms with Crippen LogP contribution in [0.2, 0.25) is 0 Å². The van der Waals surface area contributed by atoms with Gasteiger partial charge in [0, 0.05) is 6.07 Å². The van der Waals surface area contributed by atoms with Gasteiger partial charge in [0.25, 0.3) is 0 Å². The quantitative estimate of drug-likeness (QED) is 0.696. The van der Waals surface area contributed by atoms with Gasteiger partial charge in [-0.05, 0) is 34.3 Å². The fourth-order valence-corrected chi connectivity index (χ4v) is 1.95. The minimum atomic E-state index is 0.395.